The van der Waals surface area contributed by atoms with Gasteiger partial charge in [0.15, 0.2) is 0 Å². The fourth-order valence-electron chi connectivity index (χ4n) is 2.44. The minimum Gasteiger partial charge on any atom is -0.123 e. The van der Waals surface area contributed by atoms with Crippen LogP contribution in [0.2, 0.25) is 0 Å². The predicted octanol–water partition coefficient (Wildman–Crippen LogP) is 4.32. The van der Waals surface area contributed by atoms with E-state index in [0.717, 1.165) is 17.8 Å². The van der Waals surface area contributed by atoms with Gasteiger partial charge in [0, 0.05) is 5.38 Å². The van der Waals surface area contributed by atoms with E-state index in [0.29, 0.717) is 11.3 Å². The molecule has 1 saturated carbocycles. The number of alkyl halides is 1. The van der Waals surface area contributed by atoms with Gasteiger partial charge in [0.2, 0.25) is 0 Å². The molecule has 0 aromatic heterocycles. The van der Waals surface area contributed by atoms with Crippen LogP contribution in [-0.2, 0) is 0 Å². The first-order valence-corrected chi connectivity index (χ1v) is 6.10. The Morgan fingerprint density at radius 3 is 2.15 bits per heavy atom. The van der Waals surface area contributed by atoms with Crippen molar-refractivity contribution in [1.29, 1.82) is 0 Å². The van der Waals surface area contributed by atoms with Crippen molar-refractivity contribution in [3.8, 4) is 0 Å². The maximum atomic E-state index is 6.15. The number of hydrogen-bond donors (Lipinski definition) is 0. The van der Waals surface area contributed by atoms with Crippen LogP contribution in [0.5, 0.6) is 0 Å². The first kappa shape index (κ1) is 11.4. The van der Waals surface area contributed by atoms with Gasteiger partial charge in [-0.15, -0.1) is 11.6 Å². The van der Waals surface area contributed by atoms with E-state index in [9.17, 15) is 0 Å². The van der Waals surface area contributed by atoms with E-state index in [1.807, 2.05) is 0 Å². The Hall–Kier alpha value is 0.290. The third-order valence-electron chi connectivity index (χ3n) is 4.11. The van der Waals surface area contributed by atoms with E-state index in [1.165, 1.54) is 19.3 Å². The Bertz CT molecular complexity index is 153. The summed E-state index contributed by atoms with van der Waals surface area (Å²) < 4.78 is 0. The van der Waals surface area contributed by atoms with Gasteiger partial charge in [-0.1, -0.05) is 27.2 Å². The largest absolute Gasteiger partial charge is 0.123 e. The molecule has 1 fully saturated rings. The highest BCUT2D eigenvalue weighted by Gasteiger charge is 2.29. The van der Waals surface area contributed by atoms with E-state index >= 15 is 0 Å². The smallest absolute Gasteiger partial charge is 0.0336 e. The lowest BCUT2D eigenvalue weighted by Crippen LogP contribution is -2.28. The fourth-order valence-corrected chi connectivity index (χ4v) is 2.65. The molecular weight excluding hydrogens is 180 g/mol. The van der Waals surface area contributed by atoms with Gasteiger partial charge in [-0.25, -0.2) is 0 Å². The van der Waals surface area contributed by atoms with E-state index in [-0.39, 0.29) is 0 Å². The molecule has 0 spiro atoms. The maximum Gasteiger partial charge on any atom is 0.0336 e. The standard InChI is InChI=1S/C12H23Cl/c1-8-5-6-12(7-9(8)2)10(3)11(4)13/h8-12H,5-7H2,1-4H3. The van der Waals surface area contributed by atoms with Crippen LogP contribution < -0.4 is 0 Å². The second-order valence-corrected chi connectivity index (χ2v) is 5.75. The molecule has 0 bridgehead atoms. The monoisotopic (exact) mass is 202 g/mol. The molecule has 0 saturated heterocycles. The highest BCUT2D eigenvalue weighted by atomic mass is 35.5. The molecule has 13 heavy (non-hydrogen) atoms. The van der Waals surface area contributed by atoms with Crippen molar-refractivity contribution in [1.82, 2.24) is 0 Å². The van der Waals surface area contributed by atoms with Crippen molar-refractivity contribution in [2.24, 2.45) is 23.7 Å². The van der Waals surface area contributed by atoms with Crippen LogP contribution in [0.25, 0.3) is 0 Å². The van der Waals surface area contributed by atoms with Gasteiger partial charge in [-0.05, 0) is 43.4 Å². The molecule has 0 N–H and O–H groups in total. The third kappa shape index (κ3) is 2.87. The molecule has 0 aromatic rings. The van der Waals surface area contributed by atoms with E-state index in [2.05, 4.69) is 27.7 Å². The lowest BCUT2D eigenvalue weighted by Gasteiger charge is -2.36. The summed E-state index contributed by atoms with van der Waals surface area (Å²) in [5, 5.41) is 0.339. The van der Waals surface area contributed by atoms with Gasteiger partial charge in [0.05, 0.1) is 0 Å². The summed E-state index contributed by atoms with van der Waals surface area (Å²) in [7, 11) is 0. The molecule has 0 amide bonds. The number of rotatable bonds is 2. The summed E-state index contributed by atoms with van der Waals surface area (Å²) in [4.78, 5) is 0. The average Bonchev–Trinajstić information content (AvgIpc) is 2.08. The first-order chi connectivity index (χ1) is 6.02. The molecule has 5 unspecified atom stereocenters. The predicted molar refractivity (Wildman–Crippen MR) is 60.1 cm³/mol. The summed E-state index contributed by atoms with van der Waals surface area (Å²) >= 11 is 6.15. The van der Waals surface area contributed by atoms with Crippen molar-refractivity contribution >= 4 is 11.6 Å². The minimum atomic E-state index is 0.339. The van der Waals surface area contributed by atoms with Gasteiger partial charge in [0.25, 0.3) is 0 Å². The van der Waals surface area contributed by atoms with Gasteiger partial charge in [-0.3, -0.25) is 0 Å². The molecule has 1 aliphatic carbocycles. The van der Waals surface area contributed by atoms with Crippen LogP contribution >= 0.6 is 11.6 Å². The van der Waals surface area contributed by atoms with Crippen molar-refractivity contribution in [3.05, 3.63) is 0 Å². The van der Waals surface area contributed by atoms with Gasteiger partial charge < -0.3 is 0 Å². The zero-order chi connectivity index (χ0) is 10.0. The second kappa shape index (κ2) is 4.68. The molecule has 78 valence electrons. The Balaban J connectivity index is 2.45. The van der Waals surface area contributed by atoms with Crippen molar-refractivity contribution in [3.63, 3.8) is 0 Å². The summed E-state index contributed by atoms with van der Waals surface area (Å²) in [6, 6.07) is 0. The summed E-state index contributed by atoms with van der Waals surface area (Å²) in [6.45, 7) is 9.22. The molecule has 1 heteroatoms. The lowest BCUT2D eigenvalue weighted by molar-refractivity contribution is 0.163. The minimum absolute atomic E-state index is 0.339. The highest BCUT2D eigenvalue weighted by molar-refractivity contribution is 6.20. The molecule has 0 aromatic carbocycles. The summed E-state index contributed by atoms with van der Waals surface area (Å²) in [5.74, 6) is 3.39. The van der Waals surface area contributed by atoms with Gasteiger partial charge in [0.1, 0.15) is 0 Å². The van der Waals surface area contributed by atoms with Gasteiger partial charge in [-0.2, -0.15) is 0 Å². The molecule has 0 aliphatic heterocycles. The zero-order valence-electron chi connectivity index (χ0n) is 9.39. The Kier molecular flexibility index (Phi) is 4.09. The lowest BCUT2D eigenvalue weighted by atomic mass is 9.71. The summed E-state index contributed by atoms with van der Waals surface area (Å²) in [5.41, 5.74) is 0. The highest BCUT2D eigenvalue weighted by Crippen LogP contribution is 2.38. The van der Waals surface area contributed by atoms with Crippen LogP contribution in [0.1, 0.15) is 47.0 Å². The van der Waals surface area contributed by atoms with E-state index < -0.39 is 0 Å². The van der Waals surface area contributed by atoms with E-state index in [4.69, 9.17) is 11.6 Å². The van der Waals surface area contributed by atoms with Crippen LogP contribution in [0.3, 0.4) is 0 Å². The van der Waals surface area contributed by atoms with Crippen molar-refractivity contribution < 1.29 is 0 Å². The topological polar surface area (TPSA) is 0 Å². The third-order valence-corrected chi connectivity index (χ3v) is 4.50. The Morgan fingerprint density at radius 1 is 1.08 bits per heavy atom. The molecule has 5 atom stereocenters. The van der Waals surface area contributed by atoms with Crippen LogP contribution in [0, 0.1) is 23.7 Å². The quantitative estimate of drug-likeness (QED) is 0.585. The van der Waals surface area contributed by atoms with Crippen LogP contribution in [0.4, 0.5) is 0 Å². The summed E-state index contributed by atoms with van der Waals surface area (Å²) in [6.07, 6.45) is 4.18. The van der Waals surface area contributed by atoms with Crippen molar-refractivity contribution in [2.45, 2.75) is 52.3 Å². The molecule has 0 radical (unpaired) electrons. The van der Waals surface area contributed by atoms with Crippen LogP contribution in [0.15, 0.2) is 0 Å². The van der Waals surface area contributed by atoms with E-state index in [1.54, 1.807) is 0 Å². The first-order valence-electron chi connectivity index (χ1n) is 5.66. The van der Waals surface area contributed by atoms with Crippen LogP contribution in [-0.4, -0.2) is 5.38 Å². The fraction of sp³-hybridized carbons (Fsp3) is 1.00. The number of hydrogen-bond acceptors (Lipinski definition) is 0. The zero-order valence-corrected chi connectivity index (χ0v) is 10.1. The normalized spacial score (nSPS) is 39.9. The second-order valence-electron chi connectivity index (χ2n) is 5.06. The Labute approximate surface area is 88.1 Å². The molecule has 1 rings (SSSR count). The Morgan fingerprint density at radius 2 is 1.69 bits per heavy atom. The van der Waals surface area contributed by atoms with Crippen molar-refractivity contribution in [2.75, 3.05) is 0 Å². The molecule has 0 nitrogen and oxygen atoms in total. The van der Waals surface area contributed by atoms with Gasteiger partial charge >= 0.3 is 0 Å². The molecule has 1 aliphatic rings. The molecular formula is C12H23Cl. The SMILES string of the molecule is CC(Cl)C(C)C1CCC(C)C(C)C1. The molecule has 0 heterocycles. The number of halogens is 1. The maximum absolute atomic E-state index is 6.15. The average molecular weight is 203 g/mol.